The van der Waals surface area contributed by atoms with Crippen molar-refractivity contribution in [2.45, 2.75) is 0 Å². The molecule has 5 heteroatoms. The number of thiol groups is 1. The molecule has 0 aliphatic heterocycles. The Morgan fingerprint density at radius 2 is 1.21 bits per heavy atom. The average molecular weight is 417 g/mol. The van der Waals surface area contributed by atoms with E-state index in [-0.39, 0.29) is 0 Å². The highest BCUT2D eigenvalue weighted by molar-refractivity contribution is 8.00. The third-order valence-electron chi connectivity index (χ3n) is 4.49. The van der Waals surface area contributed by atoms with E-state index >= 15 is 0 Å². The van der Waals surface area contributed by atoms with Gasteiger partial charge in [0, 0.05) is 14.1 Å². The fourth-order valence-corrected chi connectivity index (χ4v) is 7.88. The van der Waals surface area contributed by atoms with Crippen molar-refractivity contribution in [1.82, 2.24) is 4.90 Å². The van der Waals surface area contributed by atoms with Gasteiger partial charge in [-0.2, -0.15) is 5.26 Å². The smallest absolute Gasteiger partial charge is 0.217 e. The van der Waals surface area contributed by atoms with Crippen molar-refractivity contribution in [2.75, 3.05) is 14.1 Å². The molecular formula is C24H23N3PS+. The number of hydrogen-bond donors (Lipinski definition) is 1. The van der Waals surface area contributed by atoms with Crippen LogP contribution in [0.5, 0.6) is 0 Å². The van der Waals surface area contributed by atoms with Crippen molar-refractivity contribution < 1.29 is 0 Å². The molecule has 29 heavy (non-hydrogen) atoms. The number of rotatable bonds is 6. The fraction of sp³-hybridized carbons (Fsp3) is 0.0833. The van der Waals surface area contributed by atoms with Gasteiger partial charge in [-0.25, -0.2) is 4.99 Å². The third kappa shape index (κ3) is 4.27. The lowest BCUT2D eigenvalue weighted by atomic mass is 10.4. The Bertz CT molecular complexity index is 943. The standard InChI is InChI=1S/C24H22N3PS/c1-27(2)19-26-24(29)23(18-25)28(20-12-6-3-7-13-20,21-14-8-4-9-15-21)22-16-10-5-11-17-22/h3-17,19H,1-2H3/p+1. The lowest BCUT2D eigenvalue weighted by molar-refractivity contribution is 0.643. The average Bonchev–Trinajstić information content (AvgIpc) is 2.77. The molecule has 3 rings (SSSR count). The van der Waals surface area contributed by atoms with E-state index < -0.39 is 7.26 Å². The van der Waals surface area contributed by atoms with Gasteiger partial charge in [0.15, 0.2) is 7.26 Å². The van der Waals surface area contributed by atoms with E-state index in [0.29, 0.717) is 10.3 Å². The molecule has 3 aromatic carbocycles. The molecule has 0 fully saturated rings. The van der Waals surface area contributed by atoms with E-state index in [0.717, 1.165) is 15.9 Å². The number of hydrogen-bond acceptors (Lipinski definition) is 3. The van der Waals surface area contributed by atoms with Crippen LogP contribution in [-0.2, 0) is 0 Å². The second-order valence-electron chi connectivity index (χ2n) is 6.67. The van der Waals surface area contributed by atoms with E-state index in [1.807, 2.05) is 73.6 Å². The topological polar surface area (TPSA) is 39.4 Å². The number of allylic oxidation sites excluding steroid dienone is 1. The number of nitriles is 1. The highest BCUT2D eigenvalue weighted by Crippen LogP contribution is 2.63. The van der Waals surface area contributed by atoms with E-state index in [4.69, 9.17) is 0 Å². The minimum Gasteiger partial charge on any atom is -0.369 e. The molecule has 0 saturated heterocycles. The Labute approximate surface area is 178 Å². The maximum absolute atomic E-state index is 10.4. The minimum atomic E-state index is -2.47. The quantitative estimate of drug-likeness (QED) is 0.215. The van der Waals surface area contributed by atoms with Gasteiger partial charge in [0.25, 0.3) is 0 Å². The molecule has 0 aliphatic rings. The summed E-state index contributed by atoms with van der Waals surface area (Å²) in [4.78, 5) is 6.32. The fourth-order valence-electron chi connectivity index (χ4n) is 3.30. The highest BCUT2D eigenvalue weighted by Gasteiger charge is 2.51. The third-order valence-corrected chi connectivity index (χ3v) is 9.21. The van der Waals surface area contributed by atoms with Gasteiger partial charge in [0.1, 0.15) is 27.0 Å². The van der Waals surface area contributed by atoms with Crippen molar-refractivity contribution in [3.05, 3.63) is 101 Å². The Balaban J connectivity index is 2.46. The molecule has 0 spiro atoms. The molecule has 0 aromatic heterocycles. The predicted molar refractivity (Wildman–Crippen MR) is 129 cm³/mol. The number of aliphatic imine (C=N–C) groups is 1. The van der Waals surface area contributed by atoms with E-state index in [2.05, 4.69) is 60.1 Å². The van der Waals surface area contributed by atoms with Crippen molar-refractivity contribution >= 4 is 42.1 Å². The molecule has 144 valence electrons. The maximum atomic E-state index is 10.4. The number of nitrogens with zero attached hydrogens (tertiary/aromatic N) is 3. The van der Waals surface area contributed by atoms with Crippen LogP contribution in [0.1, 0.15) is 0 Å². The van der Waals surface area contributed by atoms with Crippen LogP contribution in [0.25, 0.3) is 0 Å². The monoisotopic (exact) mass is 416 g/mol. The van der Waals surface area contributed by atoms with Gasteiger partial charge >= 0.3 is 0 Å². The second-order valence-corrected chi connectivity index (χ2v) is 10.4. The molecule has 0 atom stereocenters. The summed E-state index contributed by atoms with van der Waals surface area (Å²) in [6.07, 6.45) is 1.68. The van der Waals surface area contributed by atoms with Crippen LogP contribution in [0.15, 0.2) is 106 Å². The summed E-state index contributed by atoms with van der Waals surface area (Å²) in [5.74, 6) is 0. The molecule has 0 aliphatic carbocycles. The lowest BCUT2D eigenvalue weighted by Gasteiger charge is -2.26. The van der Waals surface area contributed by atoms with Gasteiger partial charge in [-0.05, 0) is 36.4 Å². The molecule has 3 aromatic rings. The summed E-state index contributed by atoms with van der Waals surface area (Å²) in [7, 11) is 1.32. The molecule has 0 radical (unpaired) electrons. The first-order chi connectivity index (χ1) is 14.1. The van der Waals surface area contributed by atoms with Crippen LogP contribution in [0.4, 0.5) is 0 Å². The van der Waals surface area contributed by atoms with Gasteiger partial charge in [-0.3, -0.25) is 0 Å². The van der Waals surface area contributed by atoms with E-state index in [1.165, 1.54) is 0 Å². The first-order valence-electron chi connectivity index (χ1n) is 9.21. The van der Waals surface area contributed by atoms with E-state index in [9.17, 15) is 5.26 Å². The van der Waals surface area contributed by atoms with E-state index in [1.54, 1.807) is 6.34 Å². The zero-order valence-electron chi connectivity index (χ0n) is 16.5. The SMILES string of the molecule is CN(C)C=NC(S)=C(C#N)[P+](c1ccccc1)(c1ccccc1)c1ccccc1. The first-order valence-corrected chi connectivity index (χ1v) is 11.4. The van der Waals surface area contributed by atoms with Crippen LogP contribution >= 0.6 is 19.9 Å². The van der Waals surface area contributed by atoms with Crippen molar-refractivity contribution in [3.8, 4) is 6.07 Å². The summed E-state index contributed by atoms with van der Waals surface area (Å²) in [6.45, 7) is 0. The van der Waals surface area contributed by atoms with Crippen LogP contribution < -0.4 is 15.9 Å². The Kier molecular flexibility index (Phi) is 6.88. The molecule has 3 nitrogen and oxygen atoms in total. The molecule has 0 bridgehead atoms. The zero-order valence-corrected chi connectivity index (χ0v) is 18.3. The first kappa shape index (κ1) is 20.9. The predicted octanol–water partition coefficient (Wildman–Crippen LogP) is 4.19. The molecule has 0 amide bonds. The lowest BCUT2D eigenvalue weighted by Crippen LogP contribution is -2.32. The molecule has 0 heterocycles. The van der Waals surface area contributed by atoms with Crippen LogP contribution in [-0.4, -0.2) is 25.3 Å². The molecule has 0 unspecified atom stereocenters. The van der Waals surface area contributed by atoms with Crippen molar-refractivity contribution in [3.63, 3.8) is 0 Å². The second kappa shape index (κ2) is 9.56. The minimum absolute atomic E-state index is 0.436. The molecular weight excluding hydrogens is 393 g/mol. The van der Waals surface area contributed by atoms with Gasteiger partial charge in [-0.15, -0.1) is 12.6 Å². The van der Waals surface area contributed by atoms with Gasteiger partial charge in [0.2, 0.25) is 5.31 Å². The normalized spacial score (nSPS) is 12.3. The Hall–Kier alpha value is -2.86. The van der Waals surface area contributed by atoms with Crippen LogP contribution in [0.3, 0.4) is 0 Å². The Morgan fingerprint density at radius 3 is 1.52 bits per heavy atom. The summed E-state index contributed by atoms with van der Waals surface area (Å²) in [6, 6.07) is 33.2. The van der Waals surface area contributed by atoms with Gasteiger partial charge in [0.05, 0.1) is 6.34 Å². The van der Waals surface area contributed by atoms with Crippen molar-refractivity contribution in [1.29, 1.82) is 5.26 Å². The van der Waals surface area contributed by atoms with Crippen LogP contribution in [0.2, 0.25) is 0 Å². The highest BCUT2D eigenvalue weighted by atomic mass is 32.1. The van der Waals surface area contributed by atoms with Crippen molar-refractivity contribution in [2.24, 2.45) is 4.99 Å². The van der Waals surface area contributed by atoms with Gasteiger partial charge in [-0.1, -0.05) is 54.6 Å². The number of benzene rings is 3. The Morgan fingerprint density at radius 1 is 0.828 bits per heavy atom. The zero-order chi connectivity index (χ0) is 20.7. The summed E-state index contributed by atoms with van der Waals surface area (Å²) >= 11 is 4.68. The van der Waals surface area contributed by atoms with Gasteiger partial charge < -0.3 is 4.90 Å². The molecule has 0 saturated carbocycles. The molecule has 0 N–H and O–H groups in total. The van der Waals surface area contributed by atoms with Crippen LogP contribution in [0, 0.1) is 11.3 Å². The largest absolute Gasteiger partial charge is 0.369 e. The maximum Gasteiger partial charge on any atom is 0.217 e. The summed E-state index contributed by atoms with van der Waals surface area (Å²) < 4.78 is 0. The summed E-state index contributed by atoms with van der Waals surface area (Å²) in [5.41, 5.74) is 0. The summed E-state index contributed by atoms with van der Waals surface area (Å²) in [5, 5.41) is 14.7.